The zero-order valence-electron chi connectivity index (χ0n) is 15.6. The van der Waals surface area contributed by atoms with Gasteiger partial charge in [0, 0.05) is 11.3 Å². The maximum Gasteiger partial charge on any atom is 0.337 e. The van der Waals surface area contributed by atoms with E-state index in [0.29, 0.717) is 22.7 Å². The number of benzene rings is 3. The average Bonchev–Trinajstić information content (AvgIpc) is 3.11. The topological polar surface area (TPSA) is 110 Å². The zero-order valence-corrected chi connectivity index (χ0v) is 17.2. The molecule has 152 valence electrons. The van der Waals surface area contributed by atoms with Gasteiger partial charge in [-0.3, -0.25) is 4.72 Å². The van der Waals surface area contributed by atoms with Crippen LogP contribution in [0.5, 0.6) is 0 Å². The van der Waals surface area contributed by atoms with Gasteiger partial charge < -0.3 is 9.52 Å². The molecular formula is C21H15ClN2O5S. The number of aromatic carboxylic acids is 1. The molecule has 1 aromatic heterocycles. The Morgan fingerprint density at radius 1 is 1.07 bits per heavy atom. The van der Waals surface area contributed by atoms with E-state index in [2.05, 4.69) is 9.71 Å². The first-order valence-electron chi connectivity index (χ1n) is 8.76. The summed E-state index contributed by atoms with van der Waals surface area (Å²) in [6, 6.07) is 15.7. The van der Waals surface area contributed by atoms with Crippen molar-refractivity contribution < 1.29 is 22.7 Å². The molecule has 9 heteroatoms. The number of oxazole rings is 1. The third-order valence-corrected chi connectivity index (χ3v) is 6.11. The molecule has 1 heterocycles. The van der Waals surface area contributed by atoms with E-state index in [4.69, 9.17) is 21.1 Å². The summed E-state index contributed by atoms with van der Waals surface area (Å²) in [5.74, 6) is -0.885. The number of hydrogen-bond acceptors (Lipinski definition) is 5. The van der Waals surface area contributed by atoms with Crippen LogP contribution >= 0.6 is 11.6 Å². The molecule has 0 saturated carbocycles. The van der Waals surface area contributed by atoms with Gasteiger partial charge in [0.25, 0.3) is 10.0 Å². The first-order chi connectivity index (χ1) is 14.2. The number of halogens is 1. The molecule has 30 heavy (non-hydrogen) atoms. The predicted octanol–water partition coefficient (Wildman–Crippen LogP) is 4.96. The molecule has 0 bridgehead atoms. The highest BCUT2D eigenvalue weighted by Crippen LogP contribution is 2.27. The van der Waals surface area contributed by atoms with E-state index < -0.39 is 16.0 Å². The summed E-state index contributed by atoms with van der Waals surface area (Å²) < 4.78 is 33.4. The van der Waals surface area contributed by atoms with E-state index >= 15 is 0 Å². The molecule has 0 atom stereocenters. The molecule has 0 unspecified atom stereocenters. The molecule has 0 spiro atoms. The quantitative estimate of drug-likeness (QED) is 0.452. The van der Waals surface area contributed by atoms with Gasteiger partial charge in [-0.1, -0.05) is 17.7 Å². The number of carbonyl (C=O) groups is 1. The van der Waals surface area contributed by atoms with E-state index in [9.17, 15) is 13.2 Å². The van der Waals surface area contributed by atoms with Crippen LogP contribution in [0.15, 0.2) is 70.0 Å². The summed E-state index contributed by atoms with van der Waals surface area (Å²) in [4.78, 5) is 15.5. The molecular weight excluding hydrogens is 428 g/mol. The van der Waals surface area contributed by atoms with Crippen molar-refractivity contribution in [2.24, 2.45) is 0 Å². The van der Waals surface area contributed by atoms with Crippen molar-refractivity contribution in [1.82, 2.24) is 4.98 Å². The molecule has 0 amide bonds. The van der Waals surface area contributed by atoms with Crippen LogP contribution in [0.3, 0.4) is 0 Å². The normalized spacial score (nSPS) is 11.5. The van der Waals surface area contributed by atoms with Crippen molar-refractivity contribution in [3.8, 4) is 11.5 Å². The number of carboxylic acid groups (broad SMARTS) is 1. The van der Waals surface area contributed by atoms with Gasteiger partial charge in [0.05, 0.1) is 15.5 Å². The molecule has 0 fully saturated rings. The minimum Gasteiger partial charge on any atom is -0.478 e. The van der Waals surface area contributed by atoms with E-state index in [0.717, 1.165) is 17.1 Å². The third kappa shape index (κ3) is 3.87. The first kappa shape index (κ1) is 19.9. The lowest BCUT2D eigenvalue weighted by molar-refractivity contribution is 0.0697. The van der Waals surface area contributed by atoms with E-state index in [1.54, 1.807) is 24.3 Å². The number of anilines is 1. The van der Waals surface area contributed by atoms with Gasteiger partial charge in [-0.05, 0) is 67.1 Å². The minimum absolute atomic E-state index is 0.0423. The SMILES string of the molecule is Cc1ccc2oc(-c3ccc(NS(=O)(=O)c4ccc(Cl)c(C(=O)O)c4)cc3)nc2c1. The standard InChI is InChI=1S/C21H15ClN2O5S/c1-12-2-9-19-18(10-12)23-20(29-19)13-3-5-14(6-4-13)24-30(27,28)15-7-8-17(22)16(11-15)21(25)26/h2-11,24H,1H3,(H,25,26). The van der Waals surface area contributed by atoms with Crippen molar-refractivity contribution in [1.29, 1.82) is 0 Å². The van der Waals surface area contributed by atoms with Gasteiger partial charge in [0.15, 0.2) is 5.58 Å². The van der Waals surface area contributed by atoms with Crippen molar-refractivity contribution in [3.63, 3.8) is 0 Å². The molecule has 2 N–H and O–H groups in total. The number of nitrogens with one attached hydrogen (secondary N) is 1. The Kier molecular flexibility index (Phi) is 4.97. The fourth-order valence-electron chi connectivity index (χ4n) is 2.89. The number of hydrogen-bond donors (Lipinski definition) is 2. The number of aryl methyl sites for hydroxylation is 1. The lowest BCUT2D eigenvalue weighted by Crippen LogP contribution is -2.14. The Morgan fingerprint density at radius 3 is 2.50 bits per heavy atom. The largest absolute Gasteiger partial charge is 0.478 e. The van der Waals surface area contributed by atoms with E-state index in [-0.39, 0.29) is 15.5 Å². The minimum atomic E-state index is -4.00. The number of rotatable bonds is 5. The Morgan fingerprint density at radius 2 is 1.80 bits per heavy atom. The Labute approximate surface area is 177 Å². The van der Waals surface area contributed by atoms with Crippen LogP contribution in [-0.2, 0) is 10.0 Å². The van der Waals surface area contributed by atoms with Crippen LogP contribution in [0.4, 0.5) is 5.69 Å². The van der Waals surface area contributed by atoms with Gasteiger partial charge in [-0.25, -0.2) is 18.2 Å². The number of nitrogens with zero attached hydrogens (tertiary/aromatic N) is 1. The maximum absolute atomic E-state index is 12.6. The zero-order chi connectivity index (χ0) is 21.5. The maximum atomic E-state index is 12.6. The van der Waals surface area contributed by atoms with Crippen LogP contribution in [-0.4, -0.2) is 24.5 Å². The second-order valence-corrected chi connectivity index (χ2v) is 8.71. The highest BCUT2D eigenvalue weighted by Gasteiger charge is 2.19. The van der Waals surface area contributed by atoms with Crippen molar-refractivity contribution >= 4 is 44.4 Å². The number of carboxylic acids is 1. The number of aromatic nitrogens is 1. The second-order valence-electron chi connectivity index (χ2n) is 6.62. The van der Waals surface area contributed by atoms with Crippen LogP contribution in [0.1, 0.15) is 15.9 Å². The number of fused-ring (bicyclic) bond motifs is 1. The van der Waals surface area contributed by atoms with Crippen molar-refractivity contribution in [2.45, 2.75) is 11.8 Å². The lowest BCUT2D eigenvalue weighted by Gasteiger charge is -2.09. The average molecular weight is 443 g/mol. The molecule has 0 aliphatic rings. The molecule has 0 aliphatic heterocycles. The van der Waals surface area contributed by atoms with Crippen LogP contribution in [0.2, 0.25) is 5.02 Å². The van der Waals surface area contributed by atoms with Gasteiger partial charge in [0.1, 0.15) is 5.52 Å². The fraction of sp³-hybridized carbons (Fsp3) is 0.0476. The molecule has 0 saturated heterocycles. The van der Waals surface area contributed by atoms with Gasteiger partial charge in [-0.15, -0.1) is 0 Å². The molecule has 3 aromatic carbocycles. The third-order valence-electron chi connectivity index (χ3n) is 4.41. The van der Waals surface area contributed by atoms with Crippen molar-refractivity contribution in [3.05, 3.63) is 76.8 Å². The van der Waals surface area contributed by atoms with Crippen molar-refractivity contribution in [2.75, 3.05) is 4.72 Å². The van der Waals surface area contributed by atoms with Crippen LogP contribution in [0.25, 0.3) is 22.6 Å². The second kappa shape index (κ2) is 7.47. The molecule has 7 nitrogen and oxygen atoms in total. The summed E-state index contributed by atoms with van der Waals surface area (Å²) in [6.07, 6.45) is 0. The van der Waals surface area contributed by atoms with Crippen LogP contribution in [0, 0.1) is 6.92 Å². The predicted molar refractivity (Wildman–Crippen MR) is 113 cm³/mol. The van der Waals surface area contributed by atoms with E-state index in [1.165, 1.54) is 12.1 Å². The van der Waals surface area contributed by atoms with Gasteiger partial charge in [0.2, 0.25) is 5.89 Å². The summed E-state index contributed by atoms with van der Waals surface area (Å²) in [5, 5.41) is 9.10. The molecule has 4 aromatic rings. The fourth-order valence-corrected chi connectivity index (χ4v) is 4.17. The summed E-state index contributed by atoms with van der Waals surface area (Å²) in [6.45, 7) is 1.97. The van der Waals surface area contributed by atoms with Gasteiger partial charge in [-0.2, -0.15) is 0 Å². The lowest BCUT2D eigenvalue weighted by atomic mass is 10.2. The molecule has 0 radical (unpaired) electrons. The first-order valence-corrected chi connectivity index (χ1v) is 10.6. The highest BCUT2D eigenvalue weighted by molar-refractivity contribution is 7.92. The van der Waals surface area contributed by atoms with Gasteiger partial charge >= 0.3 is 5.97 Å². The van der Waals surface area contributed by atoms with Crippen LogP contribution < -0.4 is 4.72 Å². The Balaban J connectivity index is 1.59. The van der Waals surface area contributed by atoms with E-state index in [1.807, 2.05) is 25.1 Å². The molecule has 0 aliphatic carbocycles. The molecule has 4 rings (SSSR count). The summed E-state index contributed by atoms with van der Waals surface area (Å²) in [5.41, 5.74) is 3.18. The monoisotopic (exact) mass is 442 g/mol. The summed E-state index contributed by atoms with van der Waals surface area (Å²) >= 11 is 5.80. The Hall–Kier alpha value is -3.36. The smallest absolute Gasteiger partial charge is 0.337 e. The summed E-state index contributed by atoms with van der Waals surface area (Å²) in [7, 11) is -4.00. The Bertz CT molecular complexity index is 1380. The number of sulfonamides is 1. The highest BCUT2D eigenvalue weighted by atomic mass is 35.5.